The molecule has 170 valence electrons. The summed E-state index contributed by atoms with van der Waals surface area (Å²) in [5.74, 6) is 2.53. The van der Waals surface area contributed by atoms with Gasteiger partial charge in [-0.2, -0.15) is 5.10 Å². The zero-order valence-electron chi connectivity index (χ0n) is 18.9. The van der Waals surface area contributed by atoms with Gasteiger partial charge >= 0.3 is 0 Å². The Morgan fingerprint density at radius 3 is 2.60 bits per heavy atom. The third-order valence-corrected chi connectivity index (χ3v) is 5.70. The molecule has 0 aliphatic carbocycles. The number of nitrogens with zero attached hydrogens (tertiary/aromatic N) is 6. The minimum absolute atomic E-state index is 0. The molecule has 2 aliphatic rings. The molecule has 8 nitrogen and oxygen atoms in total. The summed E-state index contributed by atoms with van der Waals surface area (Å²) in [7, 11) is 1.87. The van der Waals surface area contributed by atoms with Crippen LogP contribution in [-0.4, -0.2) is 83.8 Å². The quantitative estimate of drug-likeness (QED) is 0.264. The summed E-state index contributed by atoms with van der Waals surface area (Å²) < 4.78 is 1.73. The molecule has 1 N–H and O–H groups in total. The molecule has 2 fully saturated rings. The molecule has 9 heteroatoms. The topological polar surface area (TPSA) is 69.0 Å². The van der Waals surface area contributed by atoms with Crippen molar-refractivity contribution in [2.24, 2.45) is 23.9 Å². The first kappa shape index (κ1) is 24.9. The normalized spacial score (nSPS) is 23.5. The number of hydrogen-bond acceptors (Lipinski definition) is 4. The van der Waals surface area contributed by atoms with Gasteiger partial charge in [0, 0.05) is 52.5 Å². The number of guanidine groups is 1. The molecule has 3 rings (SSSR count). The lowest BCUT2D eigenvalue weighted by molar-refractivity contribution is -0.120. The van der Waals surface area contributed by atoms with Crippen molar-refractivity contribution in [3.05, 3.63) is 12.4 Å². The van der Waals surface area contributed by atoms with Gasteiger partial charge < -0.3 is 20.0 Å². The third kappa shape index (κ3) is 6.83. The highest BCUT2D eigenvalue weighted by Crippen LogP contribution is 2.21. The third-order valence-electron chi connectivity index (χ3n) is 5.70. The Balaban J connectivity index is 0.00000320. The number of halogens is 1. The summed E-state index contributed by atoms with van der Waals surface area (Å²) in [6.45, 7) is 13.7. The van der Waals surface area contributed by atoms with Crippen LogP contribution in [-0.2, 0) is 11.8 Å². The van der Waals surface area contributed by atoms with Gasteiger partial charge in [0.05, 0.1) is 11.9 Å². The lowest BCUT2D eigenvalue weighted by Gasteiger charge is -2.35. The predicted molar refractivity (Wildman–Crippen MR) is 133 cm³/mol. The van der Waals surface area contributed by atoms with Crippen molar-refractivity contribution in [1.29, 1.82) is 0 Å². The second-order valence-corrected chi connectivity index (χ2v) is 8.63. The van der Waals surface area contributed by atoms with E-state index in [-0.39, 0.29) is 29.9 Å². The smallest absolute Gasteiger partial charge is 0.246 e. The van der Waals surface area contributed by atoms with Crippen LogP contribution in [0, 0.1) is 11.8 Å². The van der Waals surface area contributed by atoms with E-state index in [0.29, 0.717) is 13.1 Å². The highest BCUT2D eigenvalue weighted by atomic mass is 127. The number of aromatic nitrogens is 2. The molecule has 30 heavy (non-hydrogen) atoms. The van der Waals surface area contributed by atoms with E-state index in [0.717, 1.165) is 56.1 Å². The molecule has 2 unspecified atom stereocenters. The van der Waals surface area contributed by atoms with E-state index >= 15 is 0 Å². The Labute approximate surface area is 198 Å². The number of carbonyl (C=O) groups is 1. The maximum atomic E-state index is 12.7. The Kier molecular flexibility index (Phi) is 9.86. The van der Waals surface area contributed by atoms with Gasteiger partial charge in [0.1, 0.15) is 6.54 Å². The Bertz CT molecular complexity index is 697. The van der Waals surface area contributed by atoms with Crippen molar-refractivity contribution >= 4 is 41.5 Å². The Morgan fingerprint density at radius 1 is 1.27 bits per heavy atom. The lowest BCUT2D eigenvalue weighted by atomic mass is 9.92. The van der Waals surface area contributed by atoms with Gasteiger partial charge in [0.2, 0.25) is 5.91 Å². The van der Waals surface area contributed by atoms with Crippen molar-refractivity contribution < 1.29 is 4.79 Å². The number of aliphatic imine (C=N–C) groups is 1. The molecule has 0 radical (unpaired) electrons. The van der Waals surface area contributed by atoms with Gasteiger partial charge in [-0.25, -0.2) is 0 Å². The van der Waals surface area contributed by atoms with Crippen LogP contribution in [0.1, 0.15) is 33.6 Å². The molecule has 2 aliphatic heterocycles. The van der Waals surface area contributed by atoms with E-state index < -0.39 is 0 Å². The number of nitrogens with one attached hydrogen (secondary N) is 1. The molecule has 1 aromatic heterocycles. The average Bonchev–Trinajstić information content (AvgIpc) is 3.09. The van der Waals surface area contributed by atoms with Crippen LogP contribution in [0.4, 0.5) is 5.69 Å². The molecule has 0 saturated carbocycles. The van der Waals surface area contributed by atoms with E-state index in [1.165, 1.54) is 19.5 Å². The number of amides is 1. The van der Waals surface area contributed by atoms with Crippen molar-refractivity contribution in [3.63, 3.8) is 0 Å². The van der Waals surface area contributed by atoms with Crippen LogP contribution in [0.2, 0.25) is 0 Å². The lowest BCUT2D eigenvalue weighted by Crippen LogP contribution is -2.55. The largest absolute Gasteiger partial charge is 0.357 e. The minimum Gasteiger partial charge on any atom is -0.357 e. The highest BCUT2D eigenvalue weighted by Gasteiger charge is 2.27. The second-order valence-electron chi connectivity index (χ2n) is 8.63. The molecular weight excluding hydrogens is 493 g/mol. The molecule has 0 aromatic carbocycles. The number of piperidine rings is 1. The van der Waals surface area contributed by atoms with E-state index in [4.69, 9.17) is 4.99 Å². The van der Waals surface area contributed by atoms with Gasteiger partial charge in [-0.15, -0.1) is 24.0 Å². The molecular formula is C21H38IN7O. The van der Waals surface area contributed by atoms with Gasteiger partial charge in [-0.3, -0.25) is 14.5 Å². The summed E-state index contributed by atoms with van der Waals surface area (Å²) in [5.41, 5.74) is 0.865. The van der Waals surface area contributed by atoms with Crippen molar-refractivity contribution in [2.45, 2.75) is 33.6 Å². The fourth-order valence-corrected chi connectivity index (χ4v) is 4.55. The summed E-state index contributed by atoms with van der Waals surface area (Å²) in [5, 5.41) is 7.54. The van der Waals surface area contributed by atoms with Gasteiger partial charge in [-0.1, -0.05) is 13.8 Å². The Hall–Kier alpha value is -1.36. The fraction of sp³-hybridized carbons (Fsp3) is 0.762. The average molecular weight is 531 g/mol. The number of likely N-dealkylation sites (tertiary alicyclic amines) is 1. The summed E-state index contributed by atoms with van der Waals surface area (Å²) in [6.07, 6.45) is 6.03. The van der Waals surface area contributed by atoms with Crippen molar-refractivity contribution in [3.8, 4) is 0 Å². The second kappa shape index (κ2) is 11.9. The molecule has 0 spiro atoms. The zero-order chi connectivity index (χ0) is 20.8. The van der Waals surface area contributed by atoms with Crippen LogP contribution in [0.3, 0.4) is 0 Å². The van der Waals surface area contributed by atoms with E-state index in [2.05, 4.69) is 41.0 Å². The monoisotopic (exact) mass is 531 g/mol. The first-order chi connectivity index (χ1) is 14.0. The SMILES string of the molecule is CCNC(=NCCCN1CC(C)CC(C)C1)N1CCN(c2cnn(C)c2)C(=O)C1.I. The van der Waals surface area contributed by atoms with E-state index in [1.54, 1.807) is 10.9 Å². The maximum absolute atomic E-state index is 12.7. The first-order valence-corrected chi connectivity index (χ1v) is 11.0. The van der Waals surface area contributed by atoms with E-state index in [9.17, 15) is 4.79 Å². The predicted octanol–water partition coefficient (Wildman–Crippen LogP) is 2.02. The first-order valence-electron chi connectivity index (χ1n) is 11.0. The van der Waals surface area contributed by atoms with Crippen molar-refractivity contribution in [1.82, 2.24) is 24.9 Å². The van der Waals surface area contributed by atoms with Crippen molar-refractivity contribution in [2.75, 3.05) is 57.3 Å². The van der Waals surface area contributed by atoms with Gasteiger partial charge in [0.15, 0.2) is 5.96 Å². The highest BCUT2D eigenvalue weighted by molar-refractivity contribution is 14.0. The molecule has 3 heterocycles. The number of anilines is 1. The standard InChI is InChI=1S/C21H37N7O.HI/c1-5-22-21(23-7-6-8-26-13-17(2)11-18(3)14-26)27-9-10-28(20(29)16-27)19-12-24-25(4)15-19;/h12,15,17-18H,5-11,13-14,16H2,1-4H3,(H,22,23);1H. The summed E-state index contributed by atoms with van der Waals surface area (Å²) >= 11 is 0. The number of hydrogen-bond donors (Lipinski definition) is 1. The van der Waals surface area contributed by atoms with Gasteiger partial charge in [0.25, 0.3) is 0 Å². The van der Waals surface area contributed by atoms with Crippen LogP contribution in [0.5, 0.6) is 0 Å². The Morgan fingerprint density at radius 2 is 2.00 bits per heavy atom. The van der Waals surface area contributed by atoms with Crippen LogP contribution >= 0.6 is 24.0 Å². The summed E-state index contributed by atoms with van der Waals surface area (Å²) in [6, 6.07) is 0. The summed E-state index contributed by atoms with van der Waals surface area (Å²) in [4.78, 5) is 24.0. The number of carbonyl (C=O) groups excluding carboxylic acids is 1. The zero-order valence-corrected chi connectivity index (χ0v) is 21.2. The molecule has 2 saturated heterocycles. The fourth-order valence-electron chi connectivity index (χ4n) is 4.55. The number of aryl methyl sites for hydroxylation is 1. The molecule has 2 atom stereocenters. The molecule has 0 bridgehead atoms. The minimum atomic E-state index is 0. The van der Waals surface area contributed by atoms with Crippen LogP contribution in [0.25, 0.3) is 0 Å². The number of piperazine rings is 1. The van der Waals surface area contributed by atoms with Crippen LogP contribution < -0.4 is 10.2 Å². The number of rotatable bonds is 6. The molecule has 1 aromatic rings. The van der Waals surface area contributed by atoms with E-state index in [1.807, 2.05) is 18.1 Å². The maximum Gasteiger partial charge on any atom is 0.246 e. The molecule has 1 amide bonds. The van der Waals surface area contributed by atoms with Gasteiger partial charge in [-0.05, 0) is 38.1 Å². The van der Waals surface area contributed by atoms with Crippen LogP contribution in [0.15, 0.2) is 17.4 Å².